The van der Waals surface area contributed by atoms with Crippen LogP contribution >= 0.6 is 23.2 Å². The summed E-state index contributed by atoms with van der Waals surface area (Å²) in [6.07, 6.45) is 1.87. The van der Waals surface area contributed by atoms with Crippen LogP contribution in [0.2, 0.25) is 10.0 Å². The molecule has 0 aliphatic heterocycles. The van der Waals surface area contributed by atoms with Crippen molar-refractivity contribution in [3.8, 4) is 0 Å². The van der Waals surface area contributed by atoms with Crippen LogP contribution in [0.1, 0.15) is 47.6 Å². The number of hydrogen-bond acceptors (Lipinski definition) is 4. The first-order chi connectivity index (χ1) is 22.4. The Labute approximate surface area is 288 Å². The van der Waals surface area contributed by atoms with Crippen LogP contribution in [0.15, 0.2) is 95.9 Å². The van der Waals surface area contributed by atoms with E-state index in [0.717, 1.165) is 39.4 Å². The number of amides is 2. The van der Waals surface area contributed by atoms with Gasteiger partial charge in [-0.1, -0.05) is 96.7 Å². The highest BCUT2D eigenvalue weighted by atomic mass is 35.5. The second kappa shape index (κ2) is 16.3. The molecular formula is C37H41Cl2N3O4S. The Kier molecular flexibility index (Phi) is 12.5. The maximum Gasteiger partial charge on any atom is 0.264 e. The number of sulfonamides is 1. The number of carbonyl (C=O) groups is 2. The van der Waals surface area contributed by atoms with Gasteiger partial charge < -0.3 is 10.2 Å². The van der Waals surface area contributed by atoms with Gasteiger partial charge in [-0.25, -0.2) is 8.42 Å². The molecule has 1 atom stereocenters. The summed E-state index contributed by atoms with van der Waals surface area (Å²) in [5.74, 6) is -0.892. The fraction of sp³-hybridized carbons (Fsp3) is 0.297. The molecule has 47 heavy (non-hydrogen) atoms. The molecular weight excluding hydrogens is 653 g/mol. The van der Waals surface area contributed by atoms with Gasteiger partial charge in [0.2, 0.25) is 11.8 Å². The smallest absolute Gasteiger partial charge is 0.264 e. The van der Waals surface area contributed by atoms with Crippen molar-refractivity contribution in [3.63, 3.8) is 0 Å². The molecule has 0 unspecified atom stereocenters. The molecule has 0 spiro atoms. The molecule has 0 aliphatic carbocycles. The third-order valence-electron chi connectivity index (χ3n) is 8.12. The summed E-state index contributed by atoms with van der Waals surface area (Å²) in [5, 5.41) is 3.75. The van der Waals surface area contributed by atoms with Crippen LogP contribution in [-0.2, 0) is 32.6 Å². The molecule has 248 valence electrons. The van der Waals surface area contributed by atoms with Gasteiger partial charge in [-0.3, -0.25) is 13.9 Å². The van der Waals surface area contributed by atoms with Gasteiger partial charge in [0.25, 0.3) is 10.0 Å². The first-order valence-corrected chi connectivity index (χ1v) is 17.8. The van der Waals surface area contributed by atoms with Crippen molar-refractivity contribution in [2.75, 3.05) is 17.4 Å². The average molecular weight is 695 g/mol. The lowest BCUT2D eigenvalue weighted by Crippen LogP contribution is -2.53. The molecule has 4 aromatic carbocycles. The van der Waals surface area contributed by atoms with Gasteiger partial charge in [-0.15, -0.1) is 0 Å². The topological polar surface area (TPSA) is 86.8 Å². The monoisotopic (exact) mass is 693 g/mol. The summed E-state index contributed by atoms with van der Waals surface area (Å²) in [5.41, 5.74) is 4.53. The fourth-order valence-electron chi connectivity index (χ4n) is 5.14. The van der Waals surface area contributed by atoms with E-state index < -0.39 is 28.5 Å². The average Bonchev–Trinajstić information content (AvgIpc) is 3.04. The zero-order valence-electron chi connectivity index (χ0n) is 27.2. The molecule has 2 amide bonds. The molecule has 1 N–H and O–H groups in total. The van der Waals surface area contributed by atoms with Crippen LogP contribution in [0.4, 0.5) is 5.69 Å². The maximum absolute atomic E-state index is 14.6. The van der Waals surface area contributed by atoms with E-state index in [9.17, 15) is 18.0 Å². The molecule has 0 bridgehead atoms. The van der Waals surface area contributed by atoms with Crippen molar-refractivity contribution >= 4 is 50.7 Å². The van der Waals surface area contributed by atoms with Gasteiger partial charge in [-0.05, 0) is 85.8 Å². The normalized spacial score (nSPS) is 12.0. The Bertz CT molecular complexity index is 1800. The lowest BCUT2D eigenvalue weighted by atomic mass is 10.0. The number of benzene rings is 4. The van der Waals surface area contributed by atoms with Crippen molar-refractivity contribution in [3.05, 3.63) is 129 Å². The van der Waals surface area contributed by atoms with E-state index in [2.05, 4.69) is 5.32 Å². The summed E-state index contributed by atoms with van der Waals surface area (Å²) in [4.78, 5) is 30.0. The van der Waals surface area contributed by atoms with E-state index in [1.54, 1.807) is 42.5 Å². The number of carbonyl (C=O) groups excluding carboxylic acids is 2. The van der Waals surface area contributed by atoms with Crippen LogP contribution in [0.5, 0.6) is 0 Å². The van der Waals surface area contributed by atoms with E-state index in [-0.39, 0.29) is 23.8 Å². The predicted octanol–water partition coefficient (Wildman–Crippen LogP) is 7.67. The van der Waals surface area contributed by atoms with Crippen molar-refractivity contribution in [1.82, 2.24) is 10.2 Å². The lowest BCUT2D eigenvalue weighted by molar-refractivity contribution is -0.140. The molecule has 0 fully saturated rings. The van der Waals surface area contributed by atoms with Gasteiger partial charge >= 0.3 is 0 Å². The number of aryl methyl sites for hydroxylation is 3. The minimum absolute atomic E-state index is 0.0428. The number of hydrogen-bond donors (Lipinski definition) is 1. The molecule has 0 saturated carbocycles. The molecule has 0 aliphatic rings. The quantitative estimate of drug-likeness (QED) is 0.137. The predicted molar refractivity (Wildman–Crippen MR) is 190 cm³/mol. The molecule has 0 heterocycles. The van der Waals surface area contributed by atoms with E-state index in [1.165, 1.54) is 17.0 Å². The van der Waals surface area contributed by atoms with E-state index >= 15 is 0 Å². The minimum Gasteiger partial charge on any atom is -0.354 e. The van der Waals surface area contributed by atoms with Crippen molar-refractivity contribution < 1.29 is 18.0 Å². The van der Waals surface area contributed by atoms with Gasteiger partial charge in [0.05, 0.1) is 10.6 Å². The summed E-state index contributed by atoms with van der Waals surface area (Å²) in [6.45, 7) is 7.59. The maximum atomic E-state index is 14.6. The third kappa shape index (κ3) is 9.37. The highest BCUT2D eigenvalue weighted by Gasteiger charge is 2.35. The lowest BCUT2D eigenvalue weighted by Gasteiger charge is -2.34. The molecule has 0 radical (unpaired) electrons. The summed E-state index contributed by atoms with van der Waals surface area (Å²) < 4.78 is 29.6. The van der Waals surface area contributed by atoms with Crippen LogP contribution in [-0.4, -0.2) is 44.3 Å². The summed E-state index contributed by atoms with van der Waals surface area (Å²) >= 11 is 12.8. The molecule has 0 aromatic heterocycles. The Morgan fingerprint density at radius 1 is 0.851 bits per heavy atom. The van der Waals surface area contributed by atoms with Crippen molar-refractivity contribution in [2.24, 2.45) is 0 Å². The van der Waals surface area contributed by atoms with Crippen LogP contribution < -0.4 is 9.62 Å². The number of halogens is 2. The first-order valence-electron chi connectivity index (χ1n) is 15.6. The first kappa shape index (κ1) is 36.0. The standard InChI is InChI=1S/C37H41Cl2N3O4S/c1-5-6-20-40-37(44)35(22-29-10-8-7-9-11-29)41(24-30-15-16-31(38)23-34(30)39)36(43)25-42(32-17-14-27(3)28(4)21-32)47(45,46)33-18-12-26(2)13-19-33/h7-19,21,23,35H,5-6,20,22,24-25H2,1-4H3,(H,40,44)/t35-/m0/s1. The number of unbranched alkanes of at least 4 members (excludes halogenated alkanes) is 1. The number of nitrogens with one attached hydrogen (secondary N) is 1. The second-order valence-electron chi connectivity index (χ2n) is 11.7. The number of anilines is 1. The zero-order chi connectivity index (χ0) is 34.1. The van der Waals surface area contributed by atoms with Crippen LogP contribution in [0, 0.1) is 20.8 Å². The fourth-order valence-corrected chi connectivity index (χ4v) is 7.01. The summed E-state index contributed by atoms with van der Waals surface area (Å²) in [7, 11) is -4.20. The van der Waals surface area contributed by atoms with E-state index in [1.807, 2.05) is 64.1 Å². The Balaban J connectivity index is 1.83. The van der Waals surface area contributed by atoms with Gasteiger partial charge in [-0.2, -0.15) is 0 Å². The number of rotatable bonds is 14. The van der Waals surface area contributed by atoms with E-state index in [4.69, 9.17) is 23.2 Å². The number of nitrogens with zero attached hydrogens (tertiary/aromatic N) is 2. The third-order valence-corrected chi connectivity index (χ3v) is 10.5. The highest BCUT2D eigenvalue weighted by Crippen LogP contribution is 2.28. The van der Waals surface area contributed by atoms with Gasteiger partial charge in [0.1, 0.15) is 12.6 Å². The van der Waals surface area contributed by atoms with Gasteiger partial charge in [0, 0.05) is 29.6 Å². The second-order valence-corrected chi connectivity index (χ2v) is 14.4. The molecule has 0 saturated heterocycles. The molecule has 7 nitrogen and oxygen atoms in total. The Morgan fingerprint density at radius 3 is 2.19 bits per heavy atom. The largest absolute Gasteiger partial charge is 0.354 e. The van der Waals surface area contributed by atoms with Crippen molar-refractivity contribution in [1.29, 1.82) is 0 Å². The van der Waals surface area contributed by atoms with Crippen LogP contribution in [0.3, 0.4) is 0 Å². The summed E-state index contributed by atoms with van der Waals surface area (Å²) in [6, 6.07) is 25.2. The highest BCUT2D eigenvalue weighted by molar-refractivity contribution is 7.92. The van der Waals surface area contributed by atoms with Gasteiger partial charge in [0.15, 0.2) is 0 Å². The zero-order valence-corrected chi connectivity index (χ0v) is 29.5. The Hall–Kier alpha value is -3.85. The van der Waals surface area contributed by atoms with Crippen LogP contribution in [0.25, 0.3) is 0 Å². The van der Waals surface area contributed by atoms with Crippen molar-refractivity contribution in [2.45, 2.75) is 64.4 Å². The molecule has 4 aromatic rings. The SMILES string of the molecule is CCCCNC(=O)[C@H](Cc1ccccc1)N(Cc1ccc(Cl)cc1Cl)C(=O)CN(c1ccc(C)c(C)c1)S(=O)(=O)c1ccc(C)cc1. The molecule has 10 heteroatoms. The van der Waals surface area contributed by atoms with E-state index in [0.29, 0.717) is 27.8 Å². The minimum atomic E-state index is -4.20. The molecule has 4 rings (SSSR count). The Morgan fingerprint density at radius 2 is 1.55 bits per heavy atom.